The monoisotopic (exact) mass is 432 g/mol. The summed E-state index contributed by atoms with van der Waals surface area (Å²) >= 11 is 3.10. The molecule has 0 aliphatic heterocycles. The summed E-state index contributed by atoms with van der Waals surface area (Å²) in [5.41, 5.74) is 2.10. The molecule has 0 fully saturated rings. The van der Waals surface area contributed by atoms with Crippen molar-refractivity contribution in [2.45, 2.75) is 11.3 Å². The molecule has 0 amide bonds. The van der Waals surface area contributed by atoms with Crippen molar-refractivity contribution >= 4 is 45.0 Å². The molecule has 0 unspecified atom stereocenters. The number of fused-ring (bicyclic) bond motifs is 1. The third-order valence-electron chi connectivity index (χ3n) is 3.91. The standard InChI is InChI=1S/C20H20N2O5S2/c1-12(23)27-22-15(11-28-20-21-14-7-5-6-8-17(14)29-20)13-9-10-16(24-2)19(26-4)18(13)25-3/h5-10H,11H2,1-4H3/b22-15+. The zero-order valence-corrected chi connectivity index (χ0v) is 18.1. The maximum Gasteiger partial charge on any atom is 0.331 e. The van der Waals surface area contributed by atoms with Gasteiger partial charge in [-0.25, -0.2) is 9.78 Å². The first-order valence-electron chi connectivity index (χ1n) is 8.59. The second-order valence-corrected chi connectivity index (χ2v) is 7.99. The fourth-order valence-corrected chi connectivity index (χ4v) is 4.65. The topological polar surface area (TPSA) is 79.2 Å². The lowest BCUT2D eigenvalue weighted by atomic mass is 10.1. The first-order chi connectivity index (χ1) is 14.1. The van der Waals surface area contributed by atoms with Gasteiger partial charge in [0.2, 0.25) is 5.75 Å². The summed E-state index contributed by atoms with van der Waals surface area (Å²) in [7, 11) is 4.61. The van der Waals surface area contributed by atoms with E-state index in [1.807, 2.05) is 24.3 Å². The van der Waals surface area contributed by atoms with Crippen LogP contribution in [-0.2, 0) is 9.63 Å². The maximum atomic E-state index is 11.3. The first-order valence-corrected chi connectivity index (χ1v) is 10.4. The Morgan fingerprint density at radius 2 is 1.83 bits per heavy atom. The van der Waals surface area contributed by atoms with Gasteiger partial charge in [-0.05, 0) is 24.3 Å². The fraction of sp³-hybridized carbons (Fsp3) is 0.250. The molecule has 0 spiro atoms. The molecule has 0 bridgehead atoms. The van der Waals surface area contributed by atoms with E-state index < -0.39 is 5.97 Å². The number of aromatic nitrogens is 1. The van der Waals surface area contributed by atoms with Crippen molar-refractivity contribution in [3.05, 3.63) is 42.0 Å². The number of oxime groups is 1. The van der Waals surface area contributed by atoms with E-state index in [9.17, 15) is 4.79 Å². The molecule has 9 heteroatoms. The van der Waals surface area contributed by atoms with E-state index in [1.54, 1.807) is 30.6 Å². The maximum absolute atomic E-state index is 11.3. The van der Waals surface area contributed by atoms with Gasteiger partial charge in [0.25, 0.3) is 0 Å². The van der Waals surface area contributed by atoms with E-state index in [-0.39, 0.29) is 0 Å². The third kappa shape index (κ3) is 4.80. The highest BCUT2D eigenvalue weighted by Gasteiger charge is 2.21. The molecule has 0 radical (unpaired) electrons. The second kappa shape index (κ2) is 9.62. The van der Waals surface area contributed by atoms with E-state index in [0.717, 1.165) is 14.6 Å². The minimum absolute atomic E-state index is 0.416. The van der Waals surface area contributed by atoms with E-state index in [1.165, 1.54) is 32.9 Å². The van der Waals surface area contributed by atoms with Crippen LogP contribution in [0.4, 0.5) is 0 Å². The SMILES string of the molecule is COc1ccc(/C(CSc2nc3ccccc3s2)=N/OC(C)=O)c(OC)c1OC. The summed E-state index contributed by atoms with van der Waals surface area (Å²) in [5, 5.41) is 4.05. The summed E-state index contributed by atoms with van der Waals surface area (Å²) in [6.45, 7) is 1.30. The summed E-state index contributed by atoms with van der Waals surface area (Å²) in [6.07, 6.45) is 0. The molecule has 29 heavy (non-hydrogen) atoms. The van der Waals surface area contributed by atoms with Gasteiger partial charge in [-0.2, -0.15) is 0 Å². The highest BCUT2D eigenvalue weighted by Crippen LogP contribution is 2.40. The zero-order chi connectivity index (χ0) is 20.8. The molecule has 0 atom stereocenters. The Morgan fingerprint density at radius 3 is 2.48 bits per heavy atom. The predicted molar refractivity (Wildman–Crippen MR) is 115 cm³/mol. The Hall–Kier alpha value is -2.78. The lowest BCUT2D eigenvalue weighted by Gasteiger charge is -2.16. The van der Waals surface area contributed by atoms with E-state index in [4.69, 9.17) is 19.0 Å². The fourth-order valence-electron chi connectivity index (χ4n) is 2.64. The van der Waals surface area contributed by atoms with Gasteiger partial charge >= 0.3 is 5.97 Å². The van der Waals surface area contributed by atoms with Gasteiger partial charge in [-0.15, -0.1) is 11.3 Å². The number of carbonyl (C=O) groups excluding carboxylic acids is 1. The Kier molecular flexibility index (Phi) is 6.95. The number of benzene rings is 2. The molecule has 0 aliphatic rings. The number of para-hydroxylation sites is 1. The highest BCUT2D eigenvalue weighted by atomic mass is 32.2. The van der Waals surface area contributed by atoms with Crippen LogP contribution in [0, 0.1) is 0 Å². The van der Waals surface area contributed by atoms with Gasteiger partial charge in [0, 0.05) is 18.2 Å². The molecule has 7 nitrogen and oxygen atoms in total. The Morgan fingerprint density at radius 1 is 1.07 bits per heavy atom. The molecule has 1 heterocycles. The van der Waals surface area contributed by atoms with Crippen LogP contribution in [0.2, 0.25) is 0 Å². The van der Waals surface area contributed by atoms with Gasteiger partial charge in [0.15, 0.2) is 15.8 Å². The average Bonchev–Trinajstić information content (AvgIpc) is 3.15. The van der Waals surface area contributed by atoms with E-state index in [0.29, 0.717) is 34.3 Å². The molecule has 3 aromatic rings. The van der Waals surface area contributed by atoms with E-state index >= 15 is 0 Å². The summed E-state index contributed by atoms with van der Waals surface area (Å²) in [5.74, 6) is 1.32. The Bertz CT molecular complexity index is 1020. The molecule has 2 aromatic carbocycles. The number of nitrogens with zero attached hydrogens (tertiary/aromatic N) is 2. The van der Waals surface area contributed by atoms with Crippen LogP contribution in [0.3, 0.4) is 0 Å². The number of methoxy groups -OCH3 is 3. The molecule has 0 N–H and O–H groups in total. The Labute approximate surface area is 176 Å². The lowest BCUT2D eigenvalue weighted by molar-refractivity contribution is -0.140. The van der Waals surface area contributed by atoms with Gasteiger partial charge in [0.05, 0.1) is 31.5 Å². The summed E-state index contributed by atoms with van der Waals surface area (Å²) in [4.78, 5) is 20.9. The van der Waals surface area contributed by atoms with Crippen LogP contribution >= 0.6 is 23.1 Å². The van der Waals surface area contributed by atoms with E-state index in [2.05, 4.69) is 10.1 Å². The molecule has 3 rings (SSSR count). The van der Waals surface area contributed by atoms with Crippen LogP contribution in [-0.4, -0.2) is 43.7 Å². The zero-order valence-electron chi connectivity index (χ0n) is 16.4. The molecule has 0 aliphatic carbocycles. The molecule has 0 saturated carbocycles. The highest BCUT2D eigenvalue weighted by molar-refractivity contribution is 8.01. The third-order valence-corrected chi connectivity index (χ3v) is 6.10. The number of hydrogen-bond acceptors (Lipinski definition) is 9. The van der Waals surface area contributed by atoms with Crippen LogP contribution < -0.4 is 14.2 Å². The number of ether oxygens (including phenoxy) is 3. The van der Waals surface area contributed by atoms with Gasteiger partial charge in [-0.3, -0.25) is 0 Å². The predicted octanol–water partition coefficient (Wildman–Crippen LogP) is 4.38. The van der Waals surface area contributed by atoms with Crippen LogP contribution in [0.1, 0.15) is 12.5 Å². The van der Waals surface area contributed by atoms with Crippen molar-refractivity contribution in [2.75, 3.05) is 27.1 Å². The van der Waals surface area contributed by atoms with Crippen molar-refractivity contribution < 1.29 is 23.8 Å². The molecule has 1 aromatic heterocycles. The van der Waals surface area contributed by atoms with Crippen molar-refractivity contribution in [1.82, 2.24) is 4.98 Å². The van der Waals surface area contributed by atoms with Crippen molar-refractivity contribution in [3.63, 3.8) is 0 Å². The van der Waals surface area contributed by atoms with Crippen molar-refractivity contribution in [3.8, 4) is 17.2 Å². The number of thiazole rings is 1. The van der Waals surface area contributed by atoms with Gasteiger partial charge in [-0.1, -0.05) is 29.1 Å². The average molecular weight is 433 g/mol. The first kappa shape index (κ1) is 20.9. The Balaban J connectivity index is 1.95. The minimum Gasteiger partial charge on any atom is -0.493 e. The molecule has 152 valence electrons. The van der Waals surface area contributed by atoms with Crippen molar-refractivity contribution in [1.29, 1.82) is 0 Å². The van der Waals surface area contributed by atoms with Crippen LogP contribution in [0.5, 0.6) is 17.2 Å². The van der Waals surface area contributed by atoms with Gasteiger partial charge < -0.3 is 19.0 Å². The molecule has 0 saturated heterocycles. The number of carbonyl (C=O) groups is 1. The largest absolute Gasteiger partial charge is 0.493 e. The second-order valence-electron chi connectivity index (χ2n) is 5.74. The van der Waals surface area contributed by atoms with Crippen LogP contribution in [0.15, 0.2) is 45.9 Å². The summed E-state index contributed by atoms with van der Waals surface area (Å²) in [6, 6.07) is 11.5. The lowest BCUT2D eigenvalue weighted by Crippen LogP contribution is -2.10. The van der Waals surface area contributed by atoms with Crippen LogP contribution in [0.25, 0.3) is 10.2 Å². The number of thioether (sulfide) groups is 1. The smallest absolute Gasteiger partial charge is 0.331 e. The number of hydrogen-bond donors (Lipinski definition) is 0. The normalized spacial score (nSPS) is 11.4. The van der Waals surface area contributed by atoms with Gasteiger partial charge in [0.1, 0.15) is 5.71 Å². The number of rotatable bonds is 8. The quantitative estimate of drug-likeness (QED) is 0.226. The summed E-state index contributed by atoms with van der Waals surface area (Å²) < 4.78 is 18.3. The van der Waals surface area contributed by atoms with Crippen molar-refractivity contribution in [2.24, 2.45) is 5.16 Å². The molecular weight excluding hydrogens is 412 g/mol. The minimum atomic E-state index is -0.507. The molecular formula is C20H20N2O5S2.